The lowest BCUT2D eigenvalue weighted by Crippen LogP contribution is -2.00. The summed E-state index contributed by atoms with van der Waals surface area (Å²) in [7, 11) is 3.91. The van der Waals surface area contributed by atoms with Gasteiger partial charge in [-0.2, -0.15) is 0 Å². The third kappa shape index (κ3) is 7.36. The van der Waals surface area contributed by atoms with Crippen LogP contribution in [0.3, 0.4) is 0 Å². The third-order valence-corrected chi connectivity index (χ3v) is 0.958. The first-order valence-corrected chi connectivity index (χ1v) is 3.43. The van der Waals surface area contributed by atoms with E-state index < -0.39 is 0 Å². The number of unbranched alkanes of at least 4 members (excludes halogenated alkanes) is 2. The van der Waals surface area contributed by atoms with Gasteiger partial charge in [-0.05, 0) is 6.42 Å². The minimum atomic E-state index is 1.04. The van der Waals surface area contributed by atoms with Crippen molar-refractivity contribution >= 4 is 0 Å². The van der Waals surface area contributed by atoms with Crippen molar-refractivity contribution in [3.8, 4) is 12.0 Å². The van der Waals surface area contributed by atoms with Crippen LogP contribution in [0.1, 0.15) is 26.2 Å². The van der Waals surface area contributed by atoms with Gasteiger partial charge in [0, 0.05) is 26.6 Å². The molecule has 0 aliphatic heterocycles. The van der Waals surface area contributed by atoms with Crippen LogP contribution in [0.25, 0.3) is 0 Å². The van der Waals surface area contributed by atoms with Crippen molar-refractivity contribution in [2.75, 3.05) is 14.1 Å². The summed E-state index contributed by atoms with van der Waals surface area (Å²) in [4.78, 5) is 1.88. The second-order valence-electron chi connectivity index (χ2n) is 2.29. The maximum atomic E-state index is 3.06. The Bertz CT molecular complexity index is 105. The number of hydrogen-bond donors (Lipinski definition) is 0. The van der Waals surface area contributed by atoms with Crippen LogP contribution in [0, 0.1) is 12.0 Å². The van der Waals surface area contributed by atoms with E-state index in [1.54, 1.807) is 0 Å². The Kier molecular flexibility index (Phi) is 5.11. The van der Waals surface area contributed by atoms with Crippen molar-refractivity contribution in [2.24, 2.45) is 0 Å². The summed E-state index contributed by atoms with van der Waals surface area (Å²) in [5.74, 6) is 3.06. The van der Waals surface area contributed by atoms with Gasteiger partial charge >= 0.3 is 0 Å². The number of hydrogen-bond acceptors (Lipinski definition) is 1. The van der Waals surface area contributed by atoms with E-state index in [1.807, 2.05) is 19.0 Å². The molecule has 1 nitrogen and oxygen atoms in total. The molecule has 0 unspecified atom stereocenters. The van der Waals surface area contributed by atoms with E-state index in [0.29, 0.717) is 0 Å². The third-order valence-electron chi connectivity index (χ3n) is 0.958. The van der Waals surface area contributed by atoms with Gasteiger partial charge in [0.2, 0.25) is 0 Å². The molecule has 0 atom stereocenters. The van der Waals surface area contributed by atoms with Crippen LogP contribution < -0.4 is 0 Å². The van der Waals surface area contributed by atoms with Gasteiger partial charge in [-0.3, -0.25) is 0 Å². The van der Waals surface area contributed by atoms with Gasteiger partial charge in [0.05, 0.1) is 0 Å². The number of rotatable bonds is 2. The molecule has 0 heterocycles. The Labute approximate surface area is 58.1 Å². The molecular weight excluding hydrogens is 110 g/mol. The van der Waals surface area contributed by atoms with Crippen LogP contribution in [0.15, 0.2) is 0 Å². The largest absolute Gasteiger partial charge is 0.339 e. The van der Waals surface area contributed by atoms with Gasteiger partial charge in [0.1, 0.15) is 0 Å². The van der Waals surface area contributed by atoms with Crippen molar-refractivity contribution in [1.29, 1.82) is 0 Å². The summed E-state index contributed by atoms with van der Waals surface area (Å²) >= 11 is 0. The Hall–Kier alpha value is -0.640. The molecule has 0 saturated heterocycles. The van der Waals surface area contributed by atoms with Crippen LogP contribution in [0.2, 0.25) is 0 Å². The zero-order valence-electron chi connectivity index (χ0n) is 6.57. The van der Waals surface area contributed by atoms with E-state index in [0.717, 1.165) is 6.42 Å². The molecule has 0 aliphatic rings. The van der Waals surface area contributed by atoms with Gasteiger partial charge in [0.25, 0.3) is 0 Å². The molecule has 0 fully saturated rings. The summed E-state index contributed by atoms with van der Waals surface area (Å²) in [6.45, 7) is 2.18. The fourth-order valence-electron chi connectivity index (χ4n) is 0.479. The molecule has 0 aromatic heterocycles. The predicted molar refractivity (Wildman–Crippen MR) is 41.0 cm³/mol. The summed E-state index contributed by atoms with van der Waals surface area (Å²) < 4.78 is 0. The van der Waals surface area contributed by atoms with Crippen molar-refractivity contribution in [3.05, 3.63) is 0 Å². The molecule has 0 bridgehead atoms. The molecule has 0 N–H and O–H groups in total. The van der Waals surface area contributed by atoms with Crippen molar-refractivity contribution in [2.45, 2.75) is 26.2 Å². The molecule has 0 radical (unpaired) electrons. The van der Waals surface area contributed by atoms with E-state index in [9.17, 15) is 0 Å². The molecule has 0 spiro atoms. The van der Waals surface area contributed by atoms with Crippen LogP contribution in [-0.4, -0.2) is 19.0 Å². The topological polar surface area (TPSA) is 3.24 Å². The molecule has 0 rings (SSSR count). The maximum absolute atomic E-state index is 3.06. The molecule has 0 amide bonds. The molecule has 0 saturated carbocycles. The lowest BCUT2D eigenvalue weighted by Gasteiger charge is -1.96. The van der Waals surface area contributed by atoms with E-state index in [4.69, 9.17) is 0 Å². The average Bonchev–Trinajstić information content (AvgIpc) is 1.80. The normalized spacial score (nSPS) is 7.89. The van der Waals surface area contributed by atoms with Gasteiger partial charge in [-0.15, -0.1) is 0 Å². The molecule has 52 valence electrons. The maximum Gasteiger partial charge on any atom is 0.0144 e. The smallest absolute Gasteiger partial charge is 0.0144 e. The van der Waals surface area contributed by atoms with Crippen molar-refractivity contribution in [3.63, 3.8) is 0 Å². The van der Waals surface area contributed by atoms with E-state index in [2.05, 4.69) is 18.9 Å². The highest BCUT2D eigenvalue weighted by molar-refractivity contribution is 4.95. The fraction of sp³-hybridized carbons (Fsp3) is 0.750. The number of nitrogens with zero attached hydrogens (tertiary/aromatic N) is 1. The summed E-state index contributed by atoms with van der Waals surface area (Å²) in [6, 6.07) is 2.96. The van der Waals surface area contributed by atoms with Crippen molar-refractivity contribution in [1.82, 2.24) is 4.90 Å². The Balaban J connectivity index is 3.16. The van der Waals surface area contributed by atoms with Gasteiger partial charge in [-0.25, -0.2) is 0 Å². The first kappa shape index (κ1) is 8.36. The average molecular weight is 125 g/mol. The van der Waals surface area contributed by atoms with Crippen molar-refractivity contribution < 1.29 is 0 Å². The standard InChI is InChI=1S/C8H15N/c1-4-5-6-7-8-9(2)3/h4-6H2,1-3H3. The lowest BCUT2D eigenvalue weighted by atomic mass is 10.3. The lowest BCUT2D eigenvalue weighted by molar-refractivity contribution is 0.596. The monoisotopic (exact) mass is 125 g/mol. The molecule has 0 aromatic rings. The SMILES string of the molecule is CCCCC#CN(C)C. The summed E-state index contributed by atoms with van der Waals surface area (Å²) in [5.41, 5.74) is 0. The first-order chi connectivity index (χ1) is 4.27. The van der Waals surface area contributed by atoms with Crippen LogP contribution in [-0.2, 0) is 0 Å². The fourth-order valence-corrected chi connectivity index (χ4v) is 0.479. The Morgan fingerprint density at radius 2 is 2.00 bits per heavy atom. The zero-order valence-corrected chi connectivity index (χ0v) is 6.57. The second kappa shape index (κ2) is 5.50. The van der Waals surface area contributed by atoms with Crippen LogP contribution in [0.5, 0.6) is 0 Å². The highest BCUT2D eigenvalue weighted by Crippen LogP contribution is 1.89. The van der Waals surface area contributed by atoms with Gasteiger partial charge in [0.15, 0.2) is 0 Å². The highest BCUT2D eigenvalue weighted by Gasteiger charge is 1.76. The summed E-state index contributed by atoms with van der Waals surface area (Å²) in [5, 5.41) is 0. The quantitative estimate of drug-likeness (QED) is 0.308. The van der Waals surface area contributed by atoms with Gasteiger partial charge in [-0.1, -0.05) is 19.3 Å². The predicted octanol–water partition coefficient (Wildman–Crippen LogP) is 1.70. The zero-order chi connectivity index (χ0) is 7.11. The minimum absolute atomic E-state index is 1.04. The van der Waals surface area contributed by atoms with Crippen LogP contribution >= 0.6 is 0 Å². The molecule has 0 aromatic carbocycles. The van der Waals surface area contributed by atoms with Crippen LogP contribution in [0.4, 0.5) is 0 Å². The van der Waals surface area contributed by atoms with E-state index in [1.165, 1.54) is 12.8 Å². The molecular formula is C8H15N. The van der Waals surface area contributed by atoms with E-state index in [-0.39, 0.29) is 0 Å². The summed E-state index contributed by atoms with van der Waals surface area (Å²) in [6.07, 6.45) is 3.50. The highest BCUT2D eigenvalue weighted by atomic mass is 15.0. The Morgan fingerprint density at radius 3 is 2.44 bits per heavy atom. The second-order valence-corrected chi connectivity index (χ2v) is 2.29. The van der Waals surface area contributed by atoms with Gasteiger partial charge < -0.3 is 4.90 Å². The minimum Gasteiger partial charge on any atom is -0.339 e. The van der Waals surface area contributed by atoms with E-state index >= 15 is 0 Å². The first-order valence-electron chi connectivity index (χ1n) is 3.43. The molecule has 9 heavy (non-hydrogen) atoms. The Morgan fingerprint density at radius 1 is 1.33 bits per heavy atom. The molecule has 1 heteroatoms. The molecule has 0 aliphatic carbocycles.